The van der Waals surface area contributed by atoms with Crippen molar-refractivity contribution in [2.75, 3.05) is 5.32 Å². The van der Waals surface area contributed by atoms with Crippen molar-refractivity contribution >= 4 is 29.2 Å². The molecule has 3 rings (SSSR count). The summed E-state index contributed by atoms with van der Waals surface area (Å²) in [7, 11) is 0. The molecular weight excluding hydrogens is 266 g/mol. The smallest absolute Gasteiger partial charge is 0.130 e. The van der Waals surface area contributed by atoms with Crippen LogP contribution >= 0.6 is 11.8 Å². The number of hydrogen-bond acceptors (Lipinski definition) is 4. The maximum atomic E-state index is 8.80. The van der Waals surface area contributed by atoms with Crippen LogP contribution in [-0.4, -0.2) is 0 Å². The van der Waals surface area contributed by atoms with Crippen LogP contribution in [0.4, 0.5) is 11.4 Å². The van der Waals surface area contributed by atoms with E-state index in [1.54, 1.807) is 17.8 Å². The van der Waals surface area contributed by atoms with Gasteiger partial charge in [0.2, 0.25) is 0 Å². The third-order valence-corrected chi connectivity index (χ3v) is 4.08. The van der Waals surface area contributed by atoms with Crippen molar-refractivity contribution in [3.63, 3.8) is 0 Å². The quantitative estimate of drug-likeness (QED) is 0.672. The molecule has 0 unspecified atom stereocenters. The Hall–Kier alpha value is -2.69. The van der Waals surface area contributed by atoms with Crippen molar-refractivity contribution < 1.29 is 0 Å². The Morgan fingerprint density at radius 3 is 2.55 bits per heavy atom. The molecule has 1 heterocycles. The number of hydrogen-bond donors (Lipinski definition) is 1. The van der Waals surface area contributed by atoms with Crippen LogP contribution in [0.15, 0.2) is 57.8 Å². The molecule has 1 aliphatic rings. The second-order valence-corrected chi connectivity index (χ2v) is 5.34. The molecule has 3 nitrogen and oxygen atoms in total. The van der Waals surface area contributed by atoms with Gasteiger partial charge in [-0.05, 0) is 35.9 Å². The summed E-state index contributed by atoms with van der Waals surface area (Å²) in [6, 6.07) is 17.7. The Bertz CT molecular complexity index is 778. The minimum Gasteiger partial charge on any atom is -0.354 e. The van der Waals surface area contributed by atoms with Crippen molar-refractivity contribution in [2.45, 2.75) is 9.79 Å². The van der Waals surface area contributed by atoms with Crippen LogP contribution in [0.1, 0.15) is 5.56 Å². The first-order valence-electron chi connectivity index (χ1n) is 6.00. The average molecular weight is 275 g/mol. The fourth-order valence-electron chi connectivity index (χ4n) is 2.00. The number of para-hydroxylation sites is 1. The molecule has 94 valence electrons. The summed E-state index contributed by atoms with van der Waals surface area (Å²) in [6.45, 7) is 0. The molecule has 0 aromatic heterocycles. The van der Waals surface area contributed by atoms with Crippen molar-refractivity contribution in [1.82, 2.24) is 0 Å². The van der Waals surface area contributed by atoms with Crippen molar-refractivity contribution in [3.05, 3.63) is 53.6 Å². The molecule has 0 atom stereocenters. The normalized spacial score (nSPS) is 11.1. The van der Waals surface area contributed by atoms with Crippen molar-refractivity contribution in [1.29, 1.82) is 10.5 Å². The van der Waals surface area contributed by atoms with E-state index in [1.807, 2.05) is 48.5 Å². The summed E-state index contributed by atoms with van der Waals surface area (Å²) in [4.78, 5) is 2.33. The maximum Gasteiger partial charge on any atom is 0.130 e. The van der Waals surface area contributed by atoms with Gasteiger partial charge in [0.1, 0.15) is 17.7 Å². The number of nitrogens with zero attached hydrogens (tertiary/aromatic N) is 2. The summed E-state index contributed by atoms with van der Waals surface area (Å²) < 4.78 is 0. The zero-order valence-corrected chi connectivity index (χ0v) is 11.2. The molecule has 0 spiro atoms. The van der Waals surface area contributed by atoms with Gasteiger partial charge >= 0.3 is 0 Å². The van der Waals surface area contributed by atoms with Gasteiger partial charge in [-0.3, -0.25) is 0 Å². The fourth-order valence-corrected chi connectivity index (χ4v) is 2.97. The largest absolute Gasteiger partial charge is 0.354 e. The first-order valence-corrected chi connectivity index (χ1v) is 6.81. The molecule has 0 amide bonds. The van der Waals surface area contributed by atoms with Gasteiger partial charge in [-0.15, -0.1) is 0 Å². The van der Waals surface area contributed by atoms with E-state index in [0.29, 0.717) is 0 Å². The third-order valence-electron chi connectivity index (χ3n) is 2.93. The van der Waals surface area contributed by atoms with Gasteiger partial charge in [0.05, 0.1) is 11.4 Å². The monoisotopic (exact) mass is 275 g/mol. The third kappa shape index (κ3) is 2.25. The number of anilines is 2. The van der Waals surface area contributed by atoms with Crippen LogP contribution in [0.5, 0.6) is 0 Å². The average Bonchev–Trinajstić information content (AvgIpc) is 2.50. The van der Waals surface area contributed by atoms with Gasteiger partial charge in [0, 0.05) is 9.79 Å². The van der Waals surface area contributed by atoms with Crippen molar-refractivity contribution in [3.8, 4) is 12.1 Å². The summed E-state index contributed by atoms with van der Waals surface area (Å²) >= 11 is 1.71. The highest BCUT2D eigenvalue weighted by atomic mass is 32.2. The topological polar surface area (TPSA) is 59.6 Å². The summed E-state index contributed by atoms with van der Waals surface area (Å²) in [5.41, 5.74) is 3.02. The van der Waals surface area contributed by atoms with E-state index in [1.165, 1.54) is 4.90 Å². The van der Waals surface area contributed by atoms with Crippen LogP contribution in [0.3, 0.4) is 0 Å². The molecule has 2 aromatic rings. The minimum atomic E-state index is 0.105. The van der Waals surface area contributed by atoms with Crippen molar-refractivity contribution in [2.24, 2.45) is 0 Å². The SMILES string of the molecule is N#CC(C#N)=Cc1ccc2c(c1)Nc1ccccc1S2. The molecule has 0 saturated carbocycles. The van der Waals surface area contributed by atoms with Crippen LogP contribution < -0.4 is 5.32 Å². The molecule has 1 aliphatic heterocycles. The Morgan fingerprint density at radius 1 is 1.00 bits per heavy atom. The molecule has 0 fully saturated rings. The molecule has 4 heteroatoms. The zero-order chi connectivity index (χ0) is 13.9. The van der Waals surface area contributed by atoms with Gasteiger partial charge in [0.15, 0.2) is 0 Å². The Morgan fingerprint density at radius 2 is 1.75 bits per heavy atom. The van der Waals surface area contributed by atoms with Gasteiger partial charge in [-0.25, -0.2) is 0 Å². The van der Waals surface area contributed by atoms with Crippen LogP contribution in [0, 0.1) is 22.7 Å². The molecule has 0 bridgehead atoms. The number of fused-ring (bicyclic) bond motifs is 2. The van der Waals surface area contributed by atoms with Gasteiger partial charge in [0.25, 0.3) is 0 Å². The standard InChI is InChI=1S/C16H9N3S/c17-9-12(10-18)7-11-5-6-16-14(8-11)19-13-3-1-2-4-15(13)20-16/h1-8,19H. The molecule has 2 aromatic carbocycles. The first-order chi connectivity index (χ1) is 9.80. The fraction of sp³-hybridized carbons (Fsp3) is 0. The van der Waals surface area contributed by atoms with E-state index in [4.69, 9.17) is 10.5 Å². The lowest BCUT2D eigenvalue weighted by molar-refractivity contribution is 1.31. The summed E-state index contributed by atoms with van der Waals surface area (Å²) in [6.07, 6.45) is 1.59. The molecule has 1 N–H and O–H groups in total. The molecular formula is C16H9N3S. The van der Waals surface area contributed by atoms with E-state index in [2.05, 4.69) is 11.4 Å². The number of nitriles is 2. The van der Waals surface area contributed by atoms with Crippen LogP contribution in [-0.2, 0) is 0 Å². The van der Waals surface area contributed by atoms with E-state index >= 15 is 0 Å². The molecule has 0 radical (unpaired) electrons. The predicted molar refractivity (Wildman–Crippen MR) is 79.5 cm³/mol. The van der Waals surface area contributed by atoms with E-state index in [9.17, 15) is 0 Å². The van der Waals surface area contributed by atoms with Crippen LogP contribution in [0.25, 0.3) is 6.08 Å². The Balaban J connectivity index is 1.99. The minimum absolute atomic E-state index is 0.105. The predicted octanol–water partition coefficient (Wildman–Crippen LogP) is 4.33. The highest BCUT2D eigenvalue weighted by Gasteiger charge is 2.14. The number of rotatable bonds is 1. The molecule has 20 heavy (non-hydrogen) atoms. The Kier molecular flexibility index (Phi) is 3.16. The summed E-state index contributed by atoms with van der Waals surface area (Å²) in [5, 5.41) is 21.0. The summed E-state index contributed by atoms with van der Waals surface area (Å²) in [5.74, 6) is 0. The lowest BCUT2D eigenvalue weighted by Gasteiger charge is -2.20. The lowest BCUT2D eigenvalue weighted by atomic mass is 10.1. The molecule has 0 aliphatic carbocycles. The highest BCUT2D eigenvalue weighted by Crippen LogP contribution is 2.44. The number of nitrogens with one attached hydrogen (secondary N) is 1. The first kappa shape index (κ1) is 12.3. The van der Waals surface area contributed by atoms with Gasteiger partial charge < -0.3 is 5.32 Å². The highest BCUT2D eigenvalue weighted by molar-refractivity contribution is 7.99. The lowest BCUT2D eigenvalue weighted by Crippen LogP contribution is -1.99. The number of benzene rings is 2. The molecule has 0 saturated heterocycles. The number of allylic oxidation sites excluding steroid dienone is 1. The van der Waals surface area contributed by atoms with Gasteiger partial charge in [-0.1, -0.05) is 30.0 Å². The van der Waals surface area contributed by atoms with Gasteiger partial charge in [-0.2, -0.15) is 10.5 Å². The second-order valence-electron chi connectivity index (χ2n) is 4.26. The second kappa shape index (κ2) is 5.13. The zero-order valence-electron chi connectivity index (χ0n) is 10.4. The van der Waals surface area contributed by atoms with E-state index in [-0.39, 0.29) is 5.57 Å². The Labute approximate surface area is 121 Å². The maximum absolute atomic E-state index is 8.80. The van der Waals surface area contributed by atoms with E-state index in [0.717, 1.165) is 21.8 Å². The van der Waals surface area contributed by atoms with Crippen LogP contribution in [0.2, 0.25) is 0 Å². The van der Waals surface area contributed by atoms with E-state index < -0.39 is 0 Å².